The van der Waals surface area contributed by atoms with E-state index in [9.17, 15) is 0 Å². The summed E-state index contributed by atoms with van der Waals surface area (Å²) in [4.78, 5) is 7.03. The molecule has 2 aromatic rings. The number of hydrogen-bond donors (Lipinski definition) is 1. The van der Waals surface area contributed by atoms with Gasteiger partial charge in [-0.15, -0.1) is 0 Å². The Morgan fingerprint density at radius 2 is 2.11 bits per heavy atom. The summed E-state index contributed by atoms with van der Waals surface area (Å²) in [6, 6.07) is 7.11. The molecule has 2 fully saturated rings. The lowest BCUT2D eigenvalue weighted by atomic mass is 9.92. The summed E-state index contributed by atoms with van der Waals surface area (Å²) >= 11 is 0. The van der Waals surface area contributed by atoms with Crippen molar-refractivity contribution in [1.29, 1.82) is 0 Å². The van der Waals surface area contributed by atoms with Gasteiger partial charge in [0.25, 0.3) is 6.01 Å². The maximum absolute atomic E-state index is 5.93. The Hall–Kier alpha value is -1.71. The second-order valence-electron chi connectivity index (χ2n) is 5.82. The van der Waals surface area contributed by atoms with E-state index in [1.54, 1.807) is 0 Å². The molecular formula is C15H19N3O. The molecule has 2 N–H and O–H groups in total. The highest BCUT2D eigenvalue weighted by Gasteiger charge is 2.36. The minimum Gasteiger partial charge on any atom is -0.423 e. The molecular weight excluding hydrogens is 238 g/mol. The monoisotopic (exact) mass is 257 g/mol. The van der Waals surface area contributed by atoms with Crippen LogP contribution < -0.4 is 10.6 Å². The number of nitrogens with two attached hydrogens (primary N) is 1. The van der Waals surface area contributed by atoms with Gasteiger partial charge in [-0.25, -0.2) is 0 Å². The molecule has 4 rings (SSSR count). The molecule has 4 nitrogen and oxygen atoms in total. The Morgan fingerprint density at radius 3 is 3.05 bits per heavy atom. The highest BCUT2D eigenvalue weighted by molar-refractivity contribution is 5.78. The van der Waals surface area contributed by atoms with Gasteiger partial charge in [0.15, 0.2) is 5.58 Å². The fourth-order valence-corrected chi connectivity index (χ4v) is 3.74. The van der Waals surface area contributed by atoms with E-state index in [2.05, 4.69) is 9.88 Å². The minimum absolute atomic E-state index is 0.638. The van der Waals surface area contributed by atoms with E-state index in [-0.39, 0.29) is 0 Å². The summed E-state index contributed by atoms with van der Waals surface area (Å²) in [6.07, 6.45) is 6.62. The summed E-state index contributed by atoms with van der Waals surface area (Å²) in [5.41, 5.74) is 8.23. The number of hydrogen-bond acceptors (Lipinski definition) is 4. The Balaban J connectivity index is 1.72. The SMILES string of the molecule is Nc1ccc2nc(N3CCCC4CCCC43)oc2c1. The molecule has 0 amide bonds. The van der Waals surface area contributed by atoms with Gasteiger partial charge in [-0.2, -0.15) is 4.98 Å². The van der Waals surface area contributed by atoms with Crippen molar-refractivity contribution >= 4 is 22.8 Å². The molecule has 4 heteroatoms. The second kappa shape index (κ2) is 4.15. The minimum atomic E-state index is 0.638. The fraction of sp³-hybridized carbons (Fsp3) is 0.533. The van der Waals surface area contributed by atoms with Gasteiger partial charge in [0.1, 0.15) is 5.52 Å². The zero-order valence-corrected chi connectivity index (χ0v) is 11.0. The van der Waals surface area contributed by atoms with Crippen molar-refractivity contribution in [2.24, 2.45) is 5.92 Å². The van der Waals surface area contributed by atoms with Gasteiger partial charge in [0, 0.05) is 24.3 Å². The van der Waals surface area contributed by atoms with Gasteiger partial charge < -0.3 is 15.1 Å². The zero-order valence-electron chi connectivity index (χ0n) is 11.0. The lowest BCUT2D eigenvalue weighted by Crippen LogP contribution is -2.42. The third-order valence-corrected chi connectivity index (χ3v) is 4.64. The largest absolute Gasteiger partial charge is 0.423 e. The van der Waals surface area contributed by atoms with Gasteiger partial charge in [-0.3, -0.25) is 0 Å². The summed E-state index contributed by atoms with van der Waals surface area (Å²) in [7, 11) is 0. The molecule has 1 aromatic carbocycles. The molecule has 2 atom stereocenters. The van der Waals surface area contributed by atoms with E-state index < -0.39 is 0 Å². The van der Waals surface area contributed by atoms with Crippen molar-refractivity contribution < 1.29 is 4.42 Å². The first-order valence-corrected chi connectivity index (χ1v) is 7.24. The van der Waals surface area contributed by atoms with Crippen molar-refractivity contribution in [3.05, 3.63) is 18.2 Å². The van der Waals surface area contributed by atoms with Crippen LogP contribution in [0.4, 0.5) is 11.7 Å². The summed E-state index contributed by atoms with van der Waals surface area (Å²) < 4.78 is 5.93. The maximum atomic E-state index is 5.93. The topological polar surface area (TPSA) is 55.3 Å². The second-order valence-corrected chi connectivity index (χ2v) is 5.82. The number of oxazole rings is 1. The Morgan fingerprint density at radius 1 is 1.21 bits per heavy atom. The van der Waals surface area contributed by atoms with Gasteiger partial charge in [-0.05, 0) is 43.7 Å². The molecule has 2 aliphatic rings. The standard InChI is InChI=1S/C15H19N3O/c16-11-6-7-12-14(9-11)19-15(17-12)18-8-2-4-10-3-1-5-13(10)18/h6-7,9-10,13H,1-5,8,16H2. The number of piperidine rings is 1. The number of nitrogens with zero attached hydrogens (tertiary/aromatic N) is 2. The van der Waals surface area contributed by atoms with Crippen molar-refractivity contribution in [2.45, 2.75) is 38.1 Å². The van der Waals surface area contributed by atoms with Crippen LogP contribution in [0.25, 0.3) is 11.1 Å². The van der Waals surface area contributed by atoms with Crippen molar-refractivity contribution in [3.8, 4) is 0 Å². The van der Waals surface area contributed by atoms with Crippen LogP contribution in [0.5, 0.6) is 0 Å². The molecule has 100 valence electrons. The van der Waals surface area contributed by atoms with E-state index in [1.165, 1.54) is 32.1 Å². The predicted octanol–water partition coefficient (Wildman–Crippen LogP) is 3.18. The number of benzene rings is 1. The van der Waals surface area contributed by atoms with Crippen LogP contribution in [-0.2, 0) is 0 Å². The van der Waals surface area contributed by atoms with Crippen molar-refractivity contribution in [2.75, 3.05) is 17.2 Å². The molecule has 19 heavy (non-hydrogen) atoms. The van der Waals surface area contributed by atoms with Crippen LogP contribution in [0.15, 0.2) is 22.6 Å². The molecule has 2 heterocycles. The zero-order chi connectivity index (χ0) is 12.8. The normalized spacial score (nSPS) is 26.8. The number of aromatic nitrogens is 1. The third kappa shape index (κ3) is 1.78. The fourth-order valence-electron chi connectivity index (χ4n) is 3.74. The predicted molar refractivity (Wildman–Crippen MR) is 76.1 cm³/mol. The average Bonchev–Trinajstić information content (AvgIpc) is 3.03. The number of anilines is 2. The van der Waals surface area contributed by atoms with Crippen molar-refractivity contribution in [3.63, 3.8) is 0 Å². The molecule has 1 aromatic heterocycles. The van der Waals surface area contributed by atoms with E-state index in [0.29, 0.717) is 6.04 Å². The van der Waals surface area contributed by atoms with Crippen LogP contribution in [0, 0.1) is 5.92 Å². The smallest absolute Gasteiger partial charge is 0.298 e. The molecule has 1 saturated carbocycles. The first kappa shape index (κ1) is 11.1. The van der Waals surface area contributed by atoms with Gasteiger partial charge in [0.05, 0.1) is 0 Å². The molecule has 1 aliphatic heterocycles. The van der Waals surface area contributed by atoms with Gasteiger partial charge >= 0.3 is 0 Å². The highest BCUT2D eigenvalue weighted by Crippen LogP contribution is 2.39. The van der Waals surface area contributed by atoms with Crippen LogP contribution >= 0.6 is 0 Å². The summed E-state index contributed by atoms with van der Waals surface area (Å²) in [5, 5.41) is 0. The Bertz CT molecular complexity index is 606. The summed E-state index contributed by atoms with van der Waals surface area (Å²) in [6.45, 7) is 1.07. The lowest BCUT2D eigenvalue weighted by molar-refractivity contribution is 0.345. The van der Waals surface area contributed by atoms with Gasteiger partial charge in [-0.1, -0.05) is 6.42 Å². The van der Waals surface area contributed by atoms with E-state index >= 15 is 0 Å². The Labute approximate surface area is 112 Å². The highest BCUT2D eigenvalue weighted by atomic mass is 16.4. The summed E-state index contributed by atoms with van der Waals surface area (Å²) in [5.74, 6) is 0.842. The molecule has 1 aliphatic carbocycles. The van der Waals surface area contributed by atoms with Crippen molar-refractivity contribution in [1.82, 2.24) is 4.98 Å². The molecule has 0 radical (unpaired) electrons. The maximum Gasteiger partial charge on any atom is 0.298 e. The lowest BCUT2D eigenvalue weighted by Gasteiger charge is -2.36. The third-order valence-electron chi connectivity index (χ3n) is 4.64. The number of fused-ring (bicyclic) bond motifs is 2. The number of rotatable bonds is 1. The van der Waals surface area contributed by atoms with E-state index in [4.69, 9.17) is 10.2 Å². The number of nitrogen functional groups attached to an aromatic ring is 1. The molecule has 0 spiro atoms. The van der Waals surface area contributed by atoms with Crippen LogP contribution in [0.2, 0.25) is 0 Å². The molecule has 0 bridgehead atoms. The van der Waals surface area contributed by atoms with E-state index in [1.807, 2.05) is 18.2 Å². The molecule has 1 saturated heterocycles. The van der Waals surface area contributed by atoms with E-state index in [0.717, 1.165) is 35.3 Å². The first-order chi connectivity index (χ1) is 9.31. The molecule has 2 unspecified atom stereocenters. The van der Waals surface area contributed by atoms with Gasteiger partial charge in [0.2, 0.25) is 0 Å². The first-order valence-electron chi connectivity index (χ1n) is 7.24. The van der Waals surface area contributed by atoms with Crippen LogP contribution in [-0.4, -0.2) is 17.6 Å². The van der Waals surface area contributed by atoms with Crippen LogP contribution in [0.1, 0.15) is 32.1 Å². The Kier molecular flexibility index (Phi) is 2.43. The quantitative estimate of drug-likeness (QED) is 0.797. The average molecular weight is 257 g/mol. The van der Waals surface area contributed by atoms with Crippen LogP contribution in [0.3, 0.4) is 0 Å².